The quantitative estimate of drug-likeness (QED) is 0.828. The Morgan fingerprint density at radius 3 is 2.82 bits per heavy atom. The summed E-state index contributed by atoms with van der Waals surface area (Å²) in [4.78, 5) is 0. The summed E-state index contributed by atoms with van der Waals surface area (Å²) in [7, 11) is 0. The van der Waals surface area contributed by atoms with Crippen molar-refractivity contribution in [3.05, 3.63) is 35.4 Å². The molecule has 1 aromatic carbocycles. The van der Waals surface area contributed by atoms with E-state index in [-0.39, 0.29) is 0 Å². The first kappa shape index (κ1) is 12.6. The molecule has 1 saturated carbocycles. The molecule has 0 radical (unpaired) electrons. The van der Waals surface area contributed by atoms with Gasteiger partial charge in [-0.2, -0.15) is 0 Å². The summed E-state index contributed by atoms with van der Waals surface area (Å²) in [5, 5.41) is 3.63. The molecule has 1 aromatic rings. The Bertz CT molecular complexity index is 345. The van der Waals surface area contributed by atoms with Crippen molar-refractivity contribution in [2.75, 3.05) is 6.54 Å². The highest BCUT2D eigenvalue weighted by Gasteiger charge is 2.20. The molecule has 0 bridgehead atoms. The van der Waals surface area contributed by atoms with Crippen molar-refractivity contribution in [1.82, 2.24) is 5.32 Å². The average Bonchev–Trinajstić information content (AvgIpc) is 2.32. The molecule has 0 amide bonds. The fraction of sp³-hybridized carbons (Fsp3) is 0.625. The molecule has 1 N–H and O–H groups in total. The van der Waals surface area contributed by atoms with Gasteiger partial charge in [-0.05, 0) is 37.3 Å². The topological polar surface area (TPSA) is 12.0 Å². The van der Waals surface area contributed by atoms with Crippen molar-refractivity contribution in [3.8, 4) is 0 Å². The van der Waals surface area contributed by atoms with E-state index >= 15 is 0 Å². The fourth-order valence-electron chi connectivity index (χ4n) is 2.92. The van der Waals surface area contributed by atoms with E-state index in [2.05, 4.69) is 43.4 Å². The van der Waals surface area contributed by atoms with Crippen LogP contribution >= 0.6 is 0 Å². The van der Waals surface area contributed by atoms with E-state index in [1.54, 1.807) is 0 Å². The van der Waals surface area contributed by atoms with Crippen LogP contribution in [0.25, 0.3) is 0 Å². The van der Waals surface area contributed by atoms with E-state index in [9.17, 15) is 0 Å². The van der Waals surface area contributed by atoms with E-state index in [1.807, 2.05) is 0 Å². The number of benzene rings is 1. The lowest BCUT2D eigenvalue weighted by atomic mass is 9.80. The summed E-state index contributed by atoms with van der Waals surface area (Å²) < 4.78 is 0. The van der Waals surface area contributed by atoms with Gasteiger partial charge in [-0.3, -0.25) is 0 Å². The van der Waals surface area contributed by atoms with Gasteiger partial charge < -0.3 is 5.32 Å². The monoisotopic (exact) mass is 231 g/mol. The molecule has 0 aliphatic heterocycles. The predicted octanol–water partition coefficient (Wildman–Crippen LogP) is 3.91. The van der Waals surface area contributed by atoms with Crippen LogP contribution in [-0.4, -0.2) is 6.54 Å². The van der Waals surface area contributed by atoms with E-state index in [4.69, 9.17) is 0 Å². The lowest BCUT2D eigenvalue weighted by molar-refractivity contribution is 0.247. The fourth-order valence-corrected chi connectivity index (χ4v) is 2.92. The Morgan fingerprint density at radius 2 is 2.06 bits per heavy atom. The maximum absolute atomic E-state index is 3.63. The van der Waals surface area contributed by atoms with Gasteiger partial charge in [0.25, 0.3) is 0 Å². The summed E-state index contributed by atoms with van der Waals surface area (Å²) >= 11 is 0. The average molecular weight is 231 g/mol. The minimum atomic E-state index is 0.897. The van der Waals surface area contributed by atoms with Crippen LogP contribution in [0.4, 0.5) is 0 Å². The third-order valence-corrected chi connectivity index (χ3v) is 4.11. The van der Waals surface area contributed by atoms with E-state index < -0.39 is 0 Å². The normalized spacial score (nSPS) is 24.8. The predicted molar refractivity (Wildman–Crippen MR) is 74.0 cm³/mol. The molecule has 1 heteroatoms. The van der Waals surface area contributed by atoms with Crippen molar-refractivity contribution in [2.45, 2.75) is 46.1 Å². The summed E-state index contributed by atoms with van der Waals surface area (Å²) in [6.07, 6.45) is 5.72. The second kappa shape index (κ2) is 6.20. The first-order valence-electron chi connectivity index (χ1n) is 7.02. The summed E-state index contributed by atoms with van der Waals surface area (Å²) in [6, 6.07) is 8.80. The molecule has 1 nitrogen and oxygen atoms in total. The first-order chi connectivity index (χ1) is 8.25. The van der Waals surface area contributed by atoms with Crippen LogP contribution in [0.3, 0.4) is 0 Å². The largest absolute Gasteiger partial charge is 0.312 e. The highest BCUT2D eigenvalue weighted by molar-refractivity contribution is 5.21. The van der Waals surface area contributed by atoms with E-state index in [0.717, 1.165) is 18.4 Å². The number of hydrogen-bond donors (Lipinski definition) is 1. The molecule has 0 heterocycles. The lowest BCUT2D eigenvalue weighted by Crippen LogP contribution is -2.29. The Labute approximate surface area is 106 Å². The summed E-state index contributed by atoms with van der Waals surface area (Å²) in [6.45, 7) is 6.78. The Morgan fingerprint density at radius 1 is 1.24 bits per heavy atom. The number of aryl methyl sites for hydroxylation is 1. The van der Waals surface area contributed by atoms with Gasteiger partial charge in [0.15, 0.2) is 0 Å². The second-order valence-corrected chi connectivity index (χ2v) is 5.64. The molecule has 2 atom stereocenters. The number of hydrogen-bond acceptors (Lipinski definition) is 1. The molecule has 0 saturated heterocycles. The molecule has 0 spiro atoms. The van der Waals surface area contributed by atoms with Crippen molar-refractivity contribution >= 4 is 0 Å². The van der Waals surface area contributed by atoms with Crippen LogP contribution in [0.1, 0.15) is 43.7 Å². The van der Waals surface area contributed by atoms with Crippen LogP contribution in [0.2, 0.25) is 0 Å². The SMILES string of the molecule is Cc1cccc(CNCC2CCCCC2C)c1. The second-order valence-electron chi connectivity index (χ2n) is 5.64. The van der Waals surface area contributed by atoms with Crippen LogP contribution in [0, 0.1) is 18.8 Å². The minimum absolute atomic E-state index is 0.897. The van der Waals surface area contributed by atoms with Crippen molar-refractivity contribution in [1.29, 1.82) is 0 Å². The molecule has 2 unspecified atom stereocenters. The van der Waals surface area contributed by atoms with Gasteiger partial charge in [-0.25, -0.2) is 0 Å². The molecule has 1 aliphatic rings. The van der Waals surface area contributed by atoms with Crippen LogP contribution in [-0.2, 0) is 6.54 Å². The van der Waals surface area contributed by atoms with E-state index in [1.165, 1.54) is 43.4 Å². The van der Waals surface area contributed by atoms with Crippen molar-refractivity contribution < 1.29 is 0 Å². The van der Waals surface area contributed by atoms with Crippen molar-refractivity contribution in [3.63, 3.8) is 0 Å². The minimum Gasteiger partial charge on any atom is -0.312 e. The van der Waals surface area contributed by atoms with Gasteiger partial charge in [0.1, 0.15) is 0 Å². The molecule has 94 valence electrons. The number of nitrogens with one attached hydrogen (secondary N) is 1. The maximum atomic E-state index is 3.63. The van der Waals surface area contributed by atoms with Gasteiger partial charge in [0, 0.05) is 6.54 Å². The van der Waals surface area contributed by atoms with Gasteiger partial charge in [0.2, 0.25) is 0 Å². The highest BCUT2D eigenvalue weighted by atomic mass is 14.9. The van der Waals surface area contributed by atoms with Crippen LogP contribution < -0.4 is 5.32 Å². The summed E-state index contributed by atoms with van der Waals surface area (Å²) in [5.41, 5.74) is 2.77. The molecule has 2 rings (SSSR count). The Balaban J connectivity index is 1.75. The summed E-state index contributed by atoms with van der Waals surface area (Å²) in [5.74, 6) is 1.81. The molecule has 1 fully saturated rings. The number of rotatable bonds is 4. The standard InChI is InChI=1S/C16H25N/c1-13-6-5-8-15(10-13)11-17-12-16-9-4-3-7-14(16)2/h5-6,8,10,14,16-17H,3-4,7,9,11-12H2,1-2H3. The molecular formula is C16H25N. The smallest absolute Gasteiger partial charge is 0.0205 e. The molecule has 17 heavy (non-hydrogen) atoms. The zero-order chi connectivity index (χ0) is 12.1. The zero-order valence-corrected chi connectivity index (χ0v) is 11.2. The third kappa shape index (κ3) is 3.85. The van der Waals surface area contributed by atoms with E-state index in [0.29, 0.717) is 0 Å². The van der Waals surface area contributed by atoms with Gasteiger partial charge in [-0.15, -0.1) is 0 Å². The van der Waals surface area contributed by atoms with Gasteiger partial charge in [-0.1, -0.05) is 56.0 Å². The first-order valence-corrected chi connectivity index (χ1v) is 7.02. The van der Waals surface area contributed by atoms with Crippen LogP contribution in [0.15, 0.2) is 24.3 Å². The van der Waals surface area contributed by atoms with Gasteiger partial charge in [0.05, 0.1) is 0 Å². The Hall–Kier alpha value is -0.820. The molecular weight excluding hydrogens is 206 g/mol. The highest BCUT2D eigenvalue weighted by Crippen LogP contribution is 2.28. The van der Waals surface area contributed by atoms with Crippen LogP contribution in [0.5, 0.6) is 0 Å². The third-order valence-electron chi connectivity index (χ3n) is 4.11. The van der Waals surface area contributed by atoms with Gasteiger partial charge >= 0.3 is 0 Å². The zero-order valence-electron chi connectivity index (χ0n) is 11.2. The molecule has 0 aromatic heterocycles. The Kier molecular flexibility index (Phi) is 4.61. The van der Waals surface area contributed by atoms with Crippen molar-refractivity contribution in [2.24, 2.45) is 11.8 Å². The maximum Gasteiger partial charge on any atom is 0.0205 e. The lowest BCUT2D eigenvalue weighted by Gasteiger charge is -2.28. The molecule has 1 aliphatic carbocycles.